The molecule has 4 N–H and O–H groups in total. The summed E-state index contributed by atoms with van der Waals surface area (Å²) in [5.41, 5.74) is 28.1. The highest BCUT2D eigenvalue weighted by Gasteiger charge is 2.50. The average molecular weight is 697 g/mol. The summed E-state index contributed by atoms with van der Waals surface area (Å²) in [5.74, 6) is 0. The maximum atomic E-state index is 6.73. The molecule has 0 fully saturated rings. The minimum Gasteiger partial charge on any atom is -0.327 e. The maximum Gasteiger partial charge on any atom is 0.0748 e. The van der Waals surface area contributed by atoms with Gasteiger partial charge in [-0.15, -0.1) is 0 Å². The SMILES string of the molecule is NC/C=C\C1=Cc2ccc(-c3cccc(C=Nc4ccccc4C(N)c4ccccc4)c3)cc2C12c1ccccc1N(c1ccccc1)c1ccccc12. The summed E-state index contributed by atoms with van der Waals surface area (Å²) < 4.78 is 0. The lowest BCUT2D eigenvalue weighted by atomic mass is 9.63. The maximum absolute atomic E-state index is 6.73. The van der Waals surface area contributed by atoms with Crippen molar-refractivity contribution in [2.45, 2.75) is 11.5 Å². The van der Waals surface area contributed by atoms with E-state index in [1.165, 1.54) is 27.8 Å². The van der Waals surface area contributed by atoms with E-state index >= 15 is 0 Å². The molecule has 1 heterocycles. The molecule has 1 unspecified atom stereocenters. The smallest absolute Gasteiger partial charge is 0.0748 e. The van der Waals surface area contributed by atoms with E-state index in [4.69, 9.17) is 16.5 Å². The minimum atomic E-state index is -0.546. The van der Waals surface area contributed by atoms with Crippen molar-refractivity contribution in [3.05, 3.63) is 233 Å². The Kier molecular flexibility index (Phi) is 8.68. The molecule has 4 heteroatoms. The molecule has 1 atom stereocenters. The number of fused-ring (bicyclic) bond motifs is 6. The number of anilines is 3. The minimum absolute atomic E-state index is 0.266. The van der Waals surface area contributed by atoms with Crippen LogP contribution in [0.15, 0.2) is 199 Å². The summed E-state index contributed by atoms with van der Waals surface area (Å²) in [6.45, 7) is 0.464. The molecule has 260 valence electrons. The molecule has 1 aliphatic heterocycles. The van der Waals surface area contributed by atoms with E-state index < -0.39 is 5.41 Å². The molecule has 0 amide bonds. The van der Waals surface area contributed by atoms with Crippen LogP contribution in [0.4, 0.5) is 22.7 Å². The Labute approximate surface area is 317 Å². The molecule has 1 aliphatic carbocycles. The van der Waals surface area contributed by atoms with Crippen LogP contribution in [-0.2, 0) is 5.41 Å². The van der Waals surface area contributed by atoms with Gasteiger partial charge in [0.2, 0.25) is 0 Å². The molecule has 9 rings (SSSR count). The number of nitrogens with zero attached hydrogens (tertiary/aromatic N) is 2. The first-order chi connectivity index (χ1) is 26.7. The Morgan fingerprint density at radius 1 is 0.611 bits per heavy atom. The van der Waals surface area contributed by atoms with Gasteiger partial charge in [-0.05, 0) is 104 Å². The Morgan fingerprint density at radius 2 is 1.26 bits per heavy atom. The van der Waals surface area contributed by atoms with Crippen LogP contribution in [0, 0.1) is 0 Å². The van der Waals surface area contributed by atoms with E-state index in [2.05, 4.69) is 163 Å². The number of allylic oxidation sites excluding steroid dienone is 2. The fraction of sp³-hybridized carbons (Fsp3) is 0.0600. The lowest BCUT2D eigenvalue weighted by Crippen LogP contribution is -2.36. The molecule has 1 spiro atoms. The Bertz CT molecular complexity index is 2520. The Balaban J connectivity index is 1.15. The number of rotatable bonds is 8. The summed E-state index contributed by atoms with van der Waals surface area (Å²) in [7, 11) is 0. The van der Waals surface area contributed by atoms with E-state index in [1.807, 2.05) is 42.6 Å². The van der Waals surface area contributed by atoms with Gasteiger partial charge >= 0.3 is 0 Å². The van der Waals surface area contributed by atoms with Crippen LogP contribution < -0.4 is 16.4 Å². The second kappa shape index (κ2) is 14.1. The fourth-order valence-electron chi connectivity index (χ4n) is 8.34. The molecule has 7 aromatic carbocycles. The highest BCUT2D eigenvalue weighted by atomic mass is 15.2. The number of nitrogens with two attached hydrogens (primary N) is 2. The summed E-state index contributed by atoms with van der Waals surface area (Å²) in [6.07, 6.45) is 8.59. The molecule has 7 aromatic rings. The first kappa shape index (κ1) is 33.3. The van der Waals surface area contributed by atoms with Crippen molar-refractivity contribution < 1.29 is 0 Å². The van der Waals surface area contributed by atoms with Crippen LogP contribution in [0.1, 0.15) is 45.0 Å². The van der Waals surface area contributed by atoms with Crippen LogP contribution in [0.3, 0.4) is 0 Å². The normalized spacial score (nSPS) is 14.6. The van der Waals surface area contributed by atoms with Crippen LogP contribution >= 0.6 is 0 Å². The van der Waals surface area contributed by atoms with Gasteiger partial charge in [0.05, 0.1) is 28.5 Å². The van der Waals surface area contributed by atoms with Crippen molar-refractivity contribution in [3.63, 3.8) is 0 Å². The molecule has 0 bridgehead atoms. The largest absolute Gasteiger partial charge is 0.327 e. The van der Waals surface area contributed by atoms with Gasteiger partial charge in [-0.1, -0.05) is 146 Å². The predicted octanol–water partition coefficient (Wildman–Crippen LogP) is 11.2. The molecule has 0 radical (unpaired) electrons. The van der Waals surface area contributed by atoms with Gasteiger partial charge in [0.15, 0.2) is 0 Å². The van der Waals surface area contributed by atoms with Gasteiger partial charge < -0.3 is 16.4 Å². The third-order valence-electron chi connectivity index (χ3n) is 10.8. The quantitative estimate of drug-likeness (QED) is 0.155. The van der Waals surface area contributed by atoms with Crippen molar-refractivity contribution in [2.24, 2.45) is 16.5 Å². The molecule has 0 aromatic heterocycles. The molecule has 0 saturated carbocycles. The van der Waals surface area contributed by atoms with Crippen LogP contribution in [0.2, 0.25) is 0 Å². The molecular weight excluding hydrogens is 657 g/mol. The van der Waals surface area contributed by atoms with Gasteiger partial charge in [-0.2, -0.15) is 0 Å². The lowest BCUT2D eigenvalue weighted by Gasteiger charge is -2.45. The second-order valence-corrected chi connectivity index (χ2v) is 13.8. The van der Waals surface area contributed by atoms with Crippen LogP contribution in [0.25, 0.3) is 17.2 Å². The summed E-state index contributed by atoms with van der Waals surface area (Å²) >= 11 is 0. The zero-order valence-corrected chi connectivity index (χ0v) is 29.9. The van der Waals surface area contributed by atoms with Gasteiger partial charge in [-0.25, -0.2) is 0 Å². The average Bonchev–Trinajstić information content (AvgIpc) is 3.56. The highest BCUT2D eigenvalue weighted by Crippen LogP contribution is 2.61. The first-order valence-electron chi connectivity index (χ1n) is 18.5. The Hall–Kier alpha value is -6.59. The van der Waals surface area contributed by atoms with Crippen molar-refractivity contribution in [1.82, 2.24) is 0 Å². The second-order valence-electron chi connectivity index (χ2n) is 13.8. The first-order valence-corrected chi connectivity index (χ1v) is 18.5. The summed E-state index contributed by atoms with van der Waals surface area (Å²) in [4.78, 5) is 7.37. The molecular formula is C50H40N4. The van der Waals surface area contributed by atoms with Crippen molar-refractivity contribution in [2.75, 3.05) is 11.4 Å². The molecule has 54 heavy (non-hydrogen) atoms. The van der Waals surface area contributed by atoms with Crippen molar-refractivity contribution >= 4 is 35.0 Å². The third-order valence-corrected chi connectivity index (χ3v) is 10.8. The van der Waals surface area contributed by atoms with E-state index in [0.29, 0.717) is 6.54 Å². The number of aliphatic imine (C=N–C) groups is 1. The standard InChI is InChI=1S/C50H40N4/c51-30-14-19-40-32-39-29-28-38(37-18-13-15-35(31-37)34-53-46-25-10-7-22-42(46)49(52)36-16-3-1-4-17-36)33-45(39)50(40)43-23-8-11-26-47(43)54(41-20-5-2-6-21-41)48-27-12-9-24-44(48)50/h1-29,31-34,49H,30,51-52H2/b19-14-,53-34?. The van der Waals surface area contributed by atoms with Crippen molar-refractivity contribution in [3.8, 4) is 11.1 Å². The third kappa shape index (κ3) is 5.60. The zero-order valence-electron chi connectivity index (χ0n) is 29.9. The van der Waals surface area contributed by atoms with Gasteiger partial charge in [0.25, 0.3) is 0 Å². The van der Waals surface area contributed by atoms with Crippen LogP contribution in [-0.4, -0.2) is 12.8 Å². The topological polar surface area (TPSA) is 67.6 Å². The predicted molar refractivity (Wildman–Crippen MR) is 225 cm³/mol. The monoisotopic (exact) mass is 696 g/mol. The van der Waals surface area contributed by atoms with E-state index in [0.717, 1.165) is 50.6 Å². The van der Waals surface area contributed by atoms with Gasteiger partial charge in [0.1, 0.15) is 0 Å². The molecule has 0 saturated heterocycles. The van der Waals surface area contributed by atoms with Gasteiger partial charge in [0, 0.05) is 18.4 Å². The molecule has 2 aliphatic rings. The fourth-order valence-corrected chi connectivity index (χ4v) is 8.34. The number of benzene rings is 7. The number of hydrogen-bond donors (Lipinski definition) is 2. The highest BCUT2D eigenvalue weighted by molar-refractivity contribution is 5.94. The Morgan fingerprint density at radius 3 is 2.00 bits per heavy atom. The lowest BCUT2D eigenvalue weighted by molar-refractivity contribution is 0.746. The van der Waals surface area contributed by atoms with E-state index in [9.17, 15) is 0 Å². The summed E-state index contributed by atoms with van der Waals surface area (Å²) in [5, 5.41) is 0. The zero-order chi connectivity index (χ0) is 36.5. The molecule has 4 nitrogen and oxygen atoms in total. The van der Waals surface area contributed by atoms with E-state index in [1.54, 1.807) is 0 Å². The van der Waals surface area contributed by atoms with Gasteiger partial charge in [-0.3, -0.25) is 4.99 Å². The van der Waals surface area contributed by atoms with Crippen molar-refractivity contribution in [1.29, 1.82) is 0 Å². The number of hydrogen-bond acceptors (Lipinski definition) is 4. The van der Waals surface area contributed by atoms with Crippen LogP contribution in [0.5, 0.6) is 0 Å². The number of para-hydroxylation sites is 4. The van der Waals surface area contributed by atoms with E-state index in [-0.39, 0.29) is 6.04 Å². The summed E-state index contributed by atoms with van der Waals surface area (Å²) in [6, 6.07) is 61.9.